The maximum Gasteiger partial charge on any atom is 0.355 e. The van der Waals surface area contributed by atoms with Crippen molar-refractivity contribution < 1.29 is 24.0 Å². The van der Waals surface area contributed by atoms with E-state index < -0.39 is 23.8 Å². The molecule has 7 nitrogen and oxygen atoms in total. The molecular formula is C14H12N2O5. The normalized spacial score (nSPS) is 21.0. The number of benzene rings is 1. The van der Waals surface area contributed by atoms with Crippen LogP contribution in [-0.2, 0) is 14.4 Å². The summed E-state index contributed by atoms with van der Waals surface area (Å²) in [5.41, 5.74) is 0.400. The molecule has 1 unspecified atom stereocenters. The summed E-state index contributed by atoms with van der Waals surface area (Å²) in [6.07, 6.45) is 0.565. The van der Waals surface area contributed by atoms with Crippen molar-refractivity contribution in [2.45, 2.75) is 18.9 Å². The van der Waals surface area contributed by atoms with Gasteiger partial charge in [0.15, 0.2) is 0 Å². The molecule has 1 atom stereocenters. The molecule has 21 heavy (non-hydrogen) atoms. The minimum absolute atomic E-state index is 0.167. The predicted octanol–water partition coefficient (Wildman–Crippen LogP) is 0.362. The van der Waals surface area contributed by atoms with Gasteiger partial charge in [-0.2, -0.15) is 0 Å². The van der Waals surface area contributed by atoms with Crippen LogP contribution in [0, 0.1) is 0 Å². The highest BCUT2D eigenvalue weighted by Gasteiger charge is 2.42. The topological polar surface area (TPSA) is 84.0 Å². The summed E-state index contributed by atoms with van der Waals surface area (Å²) in [5.74, 6) is -2.29. The molecule has 1 aromatic carbocycles. The maximum absolute atomic E-state index is 12.1. The number of hydroxylamine groups is 2. The standard InChI is InChI=1S/C14H12N2O5/c1-15-10(6-7-11(15)17)14(20)21-16-12(18)8-4-2-3-5-9(8)13(16)19/h2-5,10H,6-7H2,1H3. The third kappa shape index (κ3) is 1.97. The van der Waals surface area contributed by atoms with Gasteiger partial charge in [0.25, 0.3) is 11.8 Å². The Morgan fingerprint density at radius 3 is 2.19 bits per heavy atom. The average molecular weight is 288 g/mol. The highest BCUT2D eigenvalue weighted by molar-refractivity contribution is 6.20. The van der Waals surface area contributed by atoms with Crippen molar-refractivity contribution in [1.29, 1.82) is 0 Å². The second-order valence-corrected chi connectivity index (χ2v) is 4.92. The van der Waals surface area contributed by atoms with E-state index >= 15 is 0 Å². The summed E-state index contributed by atoms with van der Waals surface area (Å²) in [6, 6.07) is 5.47. The van der Waals surface area contributed by atoms with E-state index in [1.807, 2.05) is 0 Å². The molecule has 0 bridgehead atoms. The minimum Gasteiger partial charge on any atom is -0.332 e. The number of fused-ring (bicyclic) bond motifs is 1. The van der Waals surface area contributed by atoms with Gasteiger partial charge in [-0.25, -0.2) is 4.79 Å². The Labute approximate surface area is 120 Å². The lowest BCUT2D eigenvalue weighted by molar-refractivity contribution is -0.174. The van der Waals surface area contributed by atoms with E-state index in [2.05, 4.69) is 0 Å². The summed E-state index contributed by atoms with van der Waals surface area (Å²) < 4.78 is 0. The van der Waals surface area contributed by atoms with Crippen molar-refractivity contribution >= 4 is 23.7 Å². The van der Waals surface area contributed by atoms with E-state index in [0.29, 0.717) is 11.5 Å². The number of likely N-dealkylation sites (tertiary alicyclic amines) is 1. The largest absolute Gasteiger partial charge is 0.355 e. The van der Waals surface area contributed by atoms with Crippen LogP contribution in [0.5, 0.6) is 0 Å². The molecule has 0 saturated carbocycles. The summed E-state index contributed by atoms with van der Waals surface area (Å²) >= 11 is 0. The first-order valence-corrected chi connectivity index (χ1v) is 6.46. The minimum atomic E-state index is -0.780. The van der Waals surface area contributed by atoms with Gasteiger partial charge in [0.1, 0.15) is 6.04 Å². The molecule has 1 aromatic rings. The summed E-state index contributed by atoms with van der Waals surface area (Å²) in [4.78, 5) is 53.7. The van der Waals surface area contributed by atoms with Gasteiger partial charge in [0.05, 0.1) is 11.1 Å². The molecule has 7 heteroatoms. The van der Waals surface area contributed by atoms with Gasteiger partial charge >= 0.3 is 5.97 Å². The van der Waals surface area contributed by atoms with Crippen LogP contribution in [0.2, 0.25) is 0 Å². The molecule has 1 fully saturated rings. The van der Waals surface area contributed by atoms with Crippen molar-refractivity contribution in [3.63, 3.8) is 0 Å². The van der Waals surface area contributed by atoms with E-state index in [9.17, 15) is 19.2 Å². The third-order valence-corrected chi connectivity index (χ3v) is 3.70. The van der Waals surface area contributed by atoms with Crippen LogP contribution in [0.1, 0.15) is 33.6 Å². The van der Waals surface area contributed by atoms with Crippen LogP contribution in [0.3, 0.4) is 0 Å². The number of amides is 3. The van der Waals surface area contributed by atoms with E-state index in [0.717, 1.165) is 0 Å². The number of imide groups is 1. The maximum atomic E-state index is 12.1. The monoisotopic (exact) mass is 288 g/mol. The van der Waals surface area contributed by atoms with Crippen LogP contribution in [0.4, 0.5) is 0 Å². The van der Waals surface area contributed by atoms with Gasteiger partial charge < -0.3 is 9.74 Å². The Kier molecular flexibility index (Phi) is 2.97. The van der Waals surface area contributed by atoms with Gasteiger partial charge in [-0.3, -0.25) is 14.4 Å². The summed E-state index contributed by atoms with van der Waals surface area (Å²) in [5, 5.41) is 0.462. The Bertz CT molecular complexity index is 634. The molecule has 108 valence electrons. The van der Waals surface area contributed by atoms with Crippen molar-refractivity contribution in [3.05, 3.63) is 35.4 Å². The quantitative estimate of drug-likeness (QED) is 0.734. The fourth-order valence-electron chi connectivity index (χ4n) is 2.48. The van der Waals surface area contributed by atoms with Crippen LogP contribution >= 0.6 is 0 Å². The lowest BCUT2D eigenvalue weighted by Crippen LogP contribution is -2.42. The highest BCUT2D eigenvalue weighted by atomic mass is 16.7. The first-order chi connectivity index (χ1) is 10.0. The zero-order valence-corrected chi connectivity index (χ0v) is 11.2. The third-order valence-electron chi connectivity index (χ3n) is 3.70. The molecule has 3 amide bonds. The lowest BCUT2D eigenvalue weighted by Gasteiger charge is -2.20. The van der Waals surface area contributed by atoms with Gasteiger partial charge in [-0.1, -0.05) is 17.2 Å². The molecule has 2 heterocycles. The van der Waals surface area contributed by atoms with Crippen molar-refractivity contribution in [2.75, 3.05) is 7.05 Å². The lowest BCUT2D eigenvalue weighted by atomic mass is 10.1. The summed E-state index contributed by atoms with van der Waals surface area (Å²) in [7, 11) is 1.49. The smallest absolute Gasteiger partial charge is 0.332 e. The summed E-state index contributed by atoms with van der Waals surface area (Å²) in [6.45, 7) is 0. The van der Waals surface area contributed by atoms with E-state index in [-0.39, 0.29) is 23.5 Å². The first-order valence-electron chi connectivity index (χ1n) is 6.46. The Morgan fingerprint density at radius 2 is 1.71 bits per heavy atom. The van der Waals surface area contributed by atoms with Crippen LogP contribution in [0.15, 0.2) is 24.3 Å². The van der Waals surface area contributed by atoms with Crippen LogP contribution < -0.4 is 0 Å². The molecule has 0 aliphatic carbocycles. The van der Waals surface area contributed by atoms with Gasteiger partial charge in [0.2, 0.25) is 5.91 Å². The SMILES string of the molecule is CN1C(=O)CCC1C(=O)ON1C(=O)c2ccccc2C1=O. The predicted molar refractivity (Wildman–Crippen MR) is 68.8 cm³/mol. The first kappa shape index (κ1) is 13.3. The highest BCUT2D eigenvalue weighted by Crippen LogP contribution is 2.24. The van der Waals surface area contributed by atoms with E-state index in [1.54, 1.807) is 12.1 Å². The second-order valence-electron chi connectivity index (χ2n) is 4.92. The number of carbonyl (C=O) groups is 4. The molecule has 0 N–H and O–H groups in total. The Balaban J connectivity index is 1.78. The fourth-order valence-corrected chi connectivity index (χ4v) is 2.48. The number of carbonyl (C=O) groups excluding carboxylic acids is 4. The van der Waals surface area contributed by atoms with Crippen molar-refractivity contribution in [1.82, 2.24) is 9.96 Å². The number of hydrogen-bond donors (Lipinski definition) is 0. The number of hydrogen-bond acceptors (Lipinski definition) is 5. The number of nitrogens with zero attached hydrogens (tertiary/aromatic N) is 2. The van der Waals surface area contributed by atoms with Crippen LogP contribution in [0.25, 0.3) is 0 Å². The van der Waals surface area contributed by atoms with Crippen LogP contribution in [-0.4, -0.2) is 46.7 Å². The molecule has 2 aliphatic rings. The van der Waals surface area contributed by atoms with E-state index in [1.165, 1.54) is 24.1 Å². The Morgan fingerprint density at radius 1 is 1.14 bits per heavy atom. The zero-order valence-electron chi connectivity index (χ0n) is 11.2. The van der Waals surface area contributed by atoms with E-state index in [4.69, 9.17) is 4.84 Å². The zero-order chi connectivity index (χ0) is 15.1. The fraction of sp³-hybridized carbons (Fsp3) is 0.286. The number of likely N-dealkylation sites (N-methyl/N-ethyl adjacent to an activating group) is 1. The molecule has 1 saturated heterocycles. The van der Waals surface area contributed by atoms with Gasteiger partial charge in [-0.15, -0.1) is 0 Å². The molecule has 2 aliphatic heterocycles. The molecule has 0 radical (unpaired) electrons. The molecule has 0 spiro atoms. The van der Waals surface area contributed by atoms with Gasteiger partial charge in [-0.05, 0) is 18.6 Å². The van der Waals surface area contributed by atoms with Gasteiger partial charge in [0, 0.05) is 13.5 Å². The Hall–Kier alpha value is -2.70. The second kappa shape index (κ2) is 4.69. The molecular weight excluding hydrogens is 276 g/mol. The van der Waals surface area contributed by atoms with Crippen molar-refractivity contribution in [3.8, 4) is 0 Å². The molecule has 3 rings (SSSR count). The number of rotatable bonds is 2. The average Bonchev–Trinajstić information content (AvgIpc) is 2.93. The molecule has 0 aromatic heterocycles. The van der Waals surface area contributed by atoms with Crippen molar-refractivity contribution in [2.24, 2.45) is 0 Å².